The van der Waals surface area contributed by atoms with Gasteiger partial charge in [0, 0.05) is 22.5 Å². The minimum Gasteiger partial charge on any atom is -0.473 e. The Morgan fingerprint density at radius 3 is 2.92 bits per heavy atom. The molecule has 126 valence electrons. The van der Waals surface area contributed by atoms with E-state index in [0.29, 0.717) is 16.7 Å². The molecule has 0 amide bonds. The number of ether oxygens (including phenoxy) is 1. The van der Waals surface area contributed by atoms with Crippen molar-refractivity contribution in [2.45, 2.75) is 25.0 Å². The maximum Gasteiger partial charge on any atom is 0.232 e. The molecule has 0 unspecified atom stereocenters. The number of nitrogens with two attached hydrogens (primary N) is 1. The molecule has 4 aromatic rings. The number of nitrogens with zero attached hydrogens (tertiary/aromatic N) is 3. The molecule has 0 atom stereocenters. The van der Waals surface area contributed by atoms with Crippen LogP contribution in [-0.4, -0.2) is 26.7 Å². The fourth-order valence-electron chi connectivity index (χ4n) is 3.10. The van der Waals surface area contributed by atoms with Crippen LogP contribution in [0, 0.1) is 0 Å². The molecule has 1 fully saturated rings. The number of rotatable bonds is 3. The summed E-state index contributed by atoms with van der Waals surface area (Å²) in [4.78, 5) is 4.39. The summed E-state index contributed by atoms with van der Waals surface area (Å²) in [5.74, 6) is 1.24. The third kappa shape index (κ3) is 2.54. The zero-order valence-electron chi connectivity index (χ0n) is 13.2. The van der Waals surface area contributed by atoms with Crippen molar-refractivity contribution in [3.8, 4) is 17.3 Å². The van der Waals surface area contributed by atoms with Crippen LogP contribution in [0.1, 0.15) is 12.8 Å². The van der Waals surface area contributed by atoms with E-state index >= 15 is 0 Å². The van der Waals surface area contributed by atoms with Crippen LogP contribution in [0.4, 0.5) is 0 Å². The smallest absolute Gasteiger partial charge is 0.232 e. The Morgan fingerprint density at radius 2 is 2.08 bits per heavy atom. The van der Waals surface area contributed by atoms with Crippen molar-refractivity contribution in [1.82, 2.24) is 14.6 Å². The van der Waals surface area contributed by atoms with E-state index in [1.165, 1.54) is 0 Å². The standard InChI is InChI=1S/C18H15ClN4O2/c19-11-1-2-15-10(5-11)6-16(25-15)14-9-21-17-3-4-18(22-23(14)17)24-13-7-12(20)8-13/h1-6,9,12-13H,7-8,20H2. The third-order valence-corrected chi connectivity index (χ3v) is 4.72. The van der Waals surface area contributed by atoms with Gasteiger partial charge in [0.15, 0.2) is 11.4 Å². The Bertz CT molecular complexity index is 1080. The molecule has 25 heavy (non-hydrogen) atoms. The Hall–Kier alpha value is -2.57. The number of hydrogen-bond donors (Lipinski definition) is 1. The minimum atomic E-state index is 0.139. The van der Waals surface area contributed by atoms with Gasteiger partial charge in [-0.1, -0.05) is 11.6 Å². The van der Waals surface area contributed by atoms with Crippen LogP contribution in [-0.2, 0) is 0 Å². The summed E-state index contributed by atoms with van der Waals surface area (Å²) in [5, 5.41) is 6.16. The average Bonchev–Trinajstić information content (AvgIpc) is 3.16. The van der Waals surface area contributed by atoms with Crippen LogP contribution < -0.4 is 10.5 Å². The van der Waals surface area contributed by atoms with Crippen molar-refractivity contribution in [2.75, 3.05) is 0 Å². The highest BCUT2D eigenvalue weighted by Gasteiger charge is 2.28. The second-order valence-electron chi connectivity index (χ2n) is 6.35. The second-order valence-corrected chi connectivity index (χ2v) is 6.79. The molecular weight excluding hydrogens is 340 g/mol. The lowest BCUT2D eigenvalue weighted by Gasteiger charge is -2.31. The molecule has 0 spiro atoms. The average molecular weight is 355 g/mol. The molecule has 0 radical (unpaired) electrons. The van der Waals surface area contributed by atoms with E-state index in [4.69, 9.17) is 26.5 Å². The first-order chi connectivity index (χ1) is 12.2. The highest BCUT2D eigenvalue weighted by Crippen LogP contribution is 2.30. The number of benzene rings is 1. The lowest BCUT2D eigenvalue weighted by molar-refractivity contribution is 0.0944. The summed E-state index contributed by atoms with van der Waals surface area (Å²) in [6, 6.07) is 11.4. The molecular formula is C18H15ClN4O2. The lowest BCUT2D eigenvalue weighted by atomic mass is 9.90. The van der Waals surface area contributed by atoms with Crippen LogP contribution in [0.2, 0.25) is 5.02 Å². The van der Waals surface area contributed by atoms with E-state index < -0.39 is 0 Å². The third-order valence-electron chi connectivity index (χ3n) is 4.49. The van der Waals surface area contributed by atoms with Gasteiger partial charge >= 0.3 is 0 Å². The molecule has 0 aliphatic heterocycles. The summed E-state index contributed by atoms with van der Waals surface area (Å²) in [7, 11) is 0. The molecule has 0 bridgehead atoms. The molecule has 3 heterocycles. The monoisotopic (exact) mass is 354 g/mol. The van der Waals surface area contributed by atoms with Crippen LogP contribution in [0.15, 0.2) is 47.0 Å². The summed E-state index contributed by atoms with van der Waals surface area (Å²) in [6.45, 7) is 0. The number of aromatic nitrogens is 3. The Morgan fingerprint density at radius 1 is 1.20 bits per heavy atom. The van der Waals surface area contributed by atoms with Gasteiger partial charge in [-0.05, 0) is 43.2 Å². The molecule has 6 nitrogen and oxygen atoms in total. The van der Waals surface area contributed by atoms with Crippen LogP contribution in [0.3, 0.4) is 0 Å². The molecule has 1 aliphatic rings. The Labute approximate surface area is 148 Å². The van der Waals surface area contributed by atoms with E-state index in [-0.39, 0.29) is 12.1 Å². The molecule has 3 aromatic heterocycles. The lowest BCUT2D eigenvalue weighted by Crippen LogP contribution is -2.43. The van der Waals surface area contributed by atoms with Gasteiger partial charge < -0.3 is 14.9 Å². The Balaban J connectivity index is 1.55. The van der Waals surface area contributed by atoms with Crippen molar-refractivity contribution in [2.24, 2.45) is 5.73 Å². The maximum atomic E-state index is 6.05. The number of furan rings is 1. The number of fused-ring (bicyclic) bond motifs is 2. The fraction of sp³-hybridized carbons (Fsp3) is 0.222. The molecule has 1 saturated carbocycles. The van der Waals surface area contributed by atoms with Gasteiger partial charge in [0.2, 0.25) is 5.88 Å². The zero-order chi connectivity index (χ0) is 17.0. The van der Waals surface area contributed by atoms with Crippen molar-refractivity contribution in [3.05, 3.63) is 47.6 Å². The van der Waals surface area contributed by atoms with Crippen LogP contribution in [0.25, 0.3) is 28.1 Å². The molecule has 7 heteroatoms. The first-order valence-electron chi connectivity index (χ1n) is 8.12. The largest absolute Gasteiger partial charge is 0.473 e. The summed E-state index contributed by atoms with van der Waals surface area (Å²) >= 11 is 6.05. The van der Waals surface area contributed by atoms with Crippen LogP contribution >= 0.6 is 11.6 Å². The predicted octanol–water partition coefficient (Wildman–Crippen LogP) is 3.66. The van der Waals surface area contributed by atoms with Crippen LogP contribution in [0.5, 0.6) is 5.88 Å². The van der Waals surface area contributed by atoms with E-state index in [1.807, 2.05) is 30.3 Å². The number of imidazole rings is 1. The number of halogens is 1. The van der Waals surface area contributed by atoms with Gasteiger partial charge in [-0.25, -0.2) is 9.50 Å². The highest BCUT2D eigenvalue weighted by molar-refractivity contribution is 6.31. The van der Waals surface area contributed by atoms with Gasteiger partial charge in [0.25, 0.3) is 0 Å². The Kier molecular flexibility index (Phi) is 3.23. The van der Waals surface area contributed by atoms with Gasteiger partial charge in [0.05, 0.1) is 6.20 Å². The molecule has 1 aliphatic carbocycles. The van der Waals surface area contributed by atoms with E-state index in [2.05, 4.69) is 10.1 Å². The van der Waals surface area contributed by atoms with Gasteiger partial charge in [-0.2, -0.15) is 0 Å². The minimum absolute atomic E-state index is 0.139. The number of hydrogen-bond acceptors (Lipinski definition) is 5. The normalized spacial score (nSPS) is 20.1. The highest BCUT2D eigenvalue weighted by atomic mass is 35.5. The predicted molar refractivity (Wildman–Crippen MR) is 94.8 cm³/mol. The quantitative estimate of drug-likeness (QED) is 0.607. The van der Waals surface area contributed by atoms with Crippen molar-refractivity contribution >= 4 is 28.2 Å². The van der Waals surface area contributed by atoms with E-state index in [1.54, 1.807) is 16.8 Å². The first kappa shape index (κ1) is 14.7. The fourth-order valence-corrected chi connectivity index (χ4v) is 3.28. The van der Waals surface area contributed by atoms with Gasteiger partial charge in [-0.15, -0.1) is 5.10 Å². The topological polar surface area (TPSA) is 78.6 Å². The van der Waals surface area contributed by atoms with Gasteiger partial charge in [-0.3, -0.25) is 0 Å². The summed E-state index contributed by atoms with van der Waals surface area (Å²) in [6.07, 6.45) is 3.60. The van der Waals surface area contributed by atoms with E-state index in [9.17, 15) is 0 Å². The van der Waals surface area contributed by atoms with Crippen molar-refractivity contribution in [1.29, 1.82) is 0 Å². The molecule has 1 aromatic carbocycles. The molecule has 0 saturated heterocycles. The molecule has 5 rings (SSSR count). The van der Waals surface area contributed by atoms with Gasteiger partial charge in [0.1, 0.15) is 17.4 Å². The van der Waals surface area contributed by atoms with Crippen molar-refractivity contribution in [3.63, 3.8) is 0 Å². The maximum absolute atomic E-state index is 6.05. The second kappa shape index (κ2) is 5.47. The summed E-state index contributed by atoms with van der Waals surface area (Å²) in [5.41, 5.74) is 8.07. The van der Waals surface area contributed by atoms with E-state index in [0.717, 1.165) is 35.2 Å². The molecule has 2 N–H and O–H groups in total. The van der Waals surface area contributed by atoms with Crippen molar-refractivity contribution < 1.29 is 9.15 Å². The zero-order valence-corrected chi connectivity index (χ0v) is 14.0. The SMILES string of the molecule is NC1CC(Oc2ccc3ncc(-c4cc5cc(Cl)ccc5o4)n3n2)C1. The summed E-state index contributed by atoms with van der Waals surface area (Å²) < 4.78 is 13.5. The first-order valence-corrected chi connectivity index (χ1v) is 8.50.